The Hall–Kier alpha value is -1.79. The van der Waals surface area contributed by atoms with E-state index in [-0.39, 0.29) is 11.4 Å². The molecule has 106 valence electrons. The van der Waals surface area contributed by atoms with Crippen LogP contribution in [0.2, 0.25) is 5.02 Å². The van der Waals surface area contributed by atoms with Gasteiger partial charge in [0.05, 0.1) is 10.7 Å². The summed E-state index contributed by atoms with van der Waals surface area (Å²) in [4.78, 5) is 13.7. The van der Waals surface area contributed by atoms with Crippen molar-refractivity contribution in [3.63, 3.8) is 0 Å². The molecule has 5 nitrogen and oxygen atoms in total. The second-order valence-electron chi connectivity index (χ2n) is 4.45. The summed E-state index contributed by atoms with van der Waals surface area (Å²) >= 11 is 7.37. The summed E-state index contributed by atoms with van der Waals surface area (Å²) in [5.74, 6) is 0.168. The van der Waals surface area contributed by atoms with Crippen LogP contribution in [-0.4, -0.2) is 28.8 Å². The Morgan fingerprint density at radius 1 is 1.40 bits per heavy atom. The minimum absolute atomic E-state index is 0.168. The summed E-state index contributed by atoms with van der Waals surface area (Å²) in [5.41, 5.74) is 0.870. The van der Waals surface area contributed by atoms with Crippen molar-refractivity contribution in [2.75, 3.05) is 19.4 Å². The monoisotopic (exact) mass is 310 g/mol. The third-order valence-corrected chi connectivity index (χ3v) is 4.02. The fourth-order valence-corrected chi connectivity index (χ4v) is 2.74. The number of amidine groups is 1. The first kappa shape index (κ1) is 14.6. The predicted molar refractivity (Wildman–Crippen MR) is 84.8 cm³/mol. The highest BCUT2D eigenvalue weighted by atomic mass is 35.5. The largest absolute Gasteiger partial charge is 0.362 e. The summed E-state index contributed by atoms with van der Waals surface area (Å²) in [6.45, 7) is 0. The lowest BCUT2D eigenvalue weighted by molar-refractivity contribution is 0.618. The van der Waals surface area contributed by atoms with Crippen LogP contribution < -0.4 is 10.9 Å². The van der Waals surface area contributed by atoms with E-state index in [1.54, 1.807) is 32.1 Å². The van der Waals surface area contributed by atoms with Gasteiger partial charge in [-0.1, -0.05) is 23.7 Å². The lowest BCUT2D eigenvalue weighted by Crippen LogP contribution is -2.28. The number of anilines is 2. The zero-order chi connectivity index (χ0) is 14.9. The van der Waals surface area contributed by atoms with Crippen LogP contribution in [0, 0.1) is 5.41 Å². The van der Waals surface area contributed by atoms with Crippen molar-refractivity contribution >= 4 is 39.7 Å². The van der Waals surface area contributed by atoms with E-state index in [0.29, 0.717) is 21.3 Å². The first-order chi connectivity index (χ1) is 9.41. The Labute approximate surface area is 126 Å². The molecule has 0 atom stereocenters. The molecule has 0 aliphatic carbocycles. The first-order valence-electron chi connectivity index (χ1n) is 5.90. The number of halogens is 1. The van der Waals surface area contributed by atoms with E-state index < -0.39 is 0 Å². The van der Waals surface area contributed by atoms with Gasteiger partial charge < -0.3 is 10.2 Å². The van der Waals surface area contributed by atoms with Gasteiger partial charge in [-0.15, -0.1) is 0 Å². The highest BCUT2D eigenvalue weighted by molar-refractivity contribution is 7.11. The van der Waals surface area contributed by atoms with Gasteiger partial charge in [0, 0.05) is 21.1 Å². The molecule has 2 N–H and O–H groups in total. The molecule has 0 aliphatic heterocycles. The highest BCUT2D eigenvalue weighted by Crippen LogP contribution is 2.29. The quantitative estimate of drug-likeness (QED) is 0.677. The summed E-state index contributed by atoms with van der Waals surface area (Å²) in [6.07, 6.45) is 0. The fraction of sp³-hybridized carbons (Fsp3) is 0.231. The summed E-state index contributed by atoms with van der Waals surface area (Å²) in [6, 6.07) is 7.29. The average Bonchev–Trinajstić information content (AvgIpc) is 2.67. The Morgan fingerprint density at radius 2 is 2.05 bits per heavy atom. The van der Waals surface area contributed by atoms with Crippen molar-refractivity contribution in [1.29, 1.82) is 5.41 Å². The lowest BCUT2D eigenvalue weighted by Gasteiger charge is -2.13. The van der Waals surface area contributed by atoms with Crippen molar-refractivity contribution in [2.45, 2.75) is 0 Å². The van der Waals surface area contributed by atoms with E-state index in [2.05, 4.69) is 5.32 Å². The first-order valence-corrected chi connectivity index (χ1v) is 7.05. The number of nitrogens with zero attached hydrogens (tertiary/aromatic N) is 2. The third-order valence-electron chi connectivity index (χ3n) is 2.76. The number of hydrogen-bond acceptors (Lipinski definition) is 4. The van der Waals surface area contributed by atoms with Gasteiger partial charge >= 0.3 is 0 Å². The van der Waals surface area contributed by atoms with Crippen LogP contribution in [0.4, 0.5) is 10.7 Å². The Morgan fingerprint density at radius 3 is 2.65 bits per heavy atom. The molecule has 0 saturated heterocycles. The van der Waals surface area contributed by atoms with Crippen LogP contribution in [-0.2, 0) is 7.05 Å². The van der Waals surface area contributed by atoms with Gasteiger partial charge in [0.2, 0.25) is 0 Å². The van der Waals surface area contributed by atoms with Gasteiger partial charge in [-0.25, -0.2) is 0 Å². The van der Waals surface area contributed by atoms with Crippen molar-refractivity contribution < 1.29 is 0 Å². The minimum atomic E-state index is -0.191. The van der Waals surface area contributed by atoms with E-state index >= 15 is 0 Å². The second kappa shape index (κ2) is 5.68. The van der Waals surface area contributed by atoms with Crippen LogP contribution in [0.3, 0.4) is 0 Å². The third kappa shape index (κ3) is 2.71. The van der Waals surface area contributed by atoms with Gasteiger partial charge in [-0.2, -0.15) is 0 Å². The van der Waals surface area contributed by atoms with Crippen LogP contribution in [0.1, 0.15) is 5.56 Å². The van der Waals surface area contributed by atoms with Crippen LogP contribution in [0.25, 0.3) is 0 Å². The van der Waals surface area contributed by atoms with Gasteiger partial charge in [0.1, 0.15) is 16.4 Å². The van der Waals surface area contributed by atoms with Crippen molar-refractivity contribution in [2.24, 2.45) is 7.05 Å². The van der Waals surface area contributed by atoms with E-state index in [9.17, 15) is 4.79 Å². The Balaban J connectivity index is 2.48. The van der Waals surface area contributed by atoms with Crippen molar-refractivity contribution in [3.8, 4) is 0 Å². The molecule has 1 heterocycles. The van der Waals surface area contributed by atoms with Crippen LogP contribution >= 0.6 is 23.1 Å². The van der Waals surface area contributed by atoms with E-state index in [1.807, 2.05) is 18.2 Å². The maximum Gasteiger partial charge on any atom is 0.273 e. The molecule has 2 aromatic rings. The van der Waals surface area contributed by atoms with Gasteiger partial charge in [-0.3, -0.25) is 14.2 Å². The van der Waals surface area contributed by atoms with Gasteiger partial charge in [0.15, 0.2) is 0 Å². The molecule has 7 heteroatoms. The molecule has 0 fully saturated rings. The molecule has 2 rings (SSSR count). The van der Waals surface area contributed by atoms with Gasteiger partial charge in [-0.05, 0) is 23.7 Å². The Bertz CT molecular complexity index is 705. The molecule has 0 radical (unpaired) electrons. The molecule has 20 heavy (non-hydrogen) atoms. The predicted octanol–water partition coefficient (Wildman–Crippen LogP) is 2.73. The number of para-hydroxylation sites is 1. The number of benzene rings is 1. The number of aromatic nitrogens is 1. The SMILES string of the molecule is CN(C)C(=N)c1c(Nc2ccccc2Cl)sn(C)c1=O. The molecular weight excluding hydrogens is 296 g/mol. The lowest BCUT2D eigenvalue weighted by atomic mass is 10.2. The molecule has 0 bridgehead atoms. The second-order valence-corrected chi connectivity index (χ2v) is 5.99. The highest BCUT2D eigenvalue weighted by Gasteiger charge is 2.19. The maximum absolute atomic E-state index is 12.1. The van der Waals surface area contributed by atoms with E-state index in [0.717, 1.165) is 0 Å². The fourth-order valence-electron chi connectivity index (χ4n) is 1.68. The van der Waals surface area contributed by atoms with Gasteiger partial charge in [0.25, 0.3) is 5.56 Å². The molecule has 1 aromatic heterocycles. The summed E-state index contributed by atoms with van der Waals surface area (Å²) in [5, 5.41) is 12.4. The zero-order valence-corrected chi connectivity index (χ0v) is 13.0. The van der Waals surface area contributed by atoms with E-state index in [1.165, 1.54) is 15.5 Å². The van der Waals surface area contributed by atoms with E-state index in [4.69, 9.17) is 17.0 Å². The van der Waals surface area contributed by atoms with Crippen LogP contribution in [0.5, 0.6) is 0 Å². The van der Waals surface area contributed by atoms with Crippen molar-refractivity contribution in [3.05, 3.63) is 45.2 Å². The molecule has 0 amide bonds. The van der Waals surface area contributed by atoms with Crippen molar-refractivity contribution in [1.82, 2.24) is 8.86 Å². The minimum Gasteiger partial charge on any atom is -0.362 e. The maximum atomic E-state index is 12.1. The Kier molecular flexibility index (Phi) is 4.15. The molecule has 0 unspecified atom stereocenters. The number of aryl methyl sites for hydroxylation is 1. The normalized spacial score (nSPS) is 10.4. The molecule has 0 aliphatic rings. The van der Waals surface area contributed by atoms with Crippen LogP contribution in [0.15, 0.2) is 29.1 Å². The smallest absolute Gasteiger partial charge is 0.273 e. The summed E-state index contributed by atoms with van der Waals surface area (Å²) < 4.78 is 1.49. The number of nitrogens with one attached hydrogen (secondary N) is 2. The molecule has 0 saturated carbocycles. The zero-order valence-electron chi connectivity index (χ0n) is 11.4. The number of rotatable bonds is 3. The molecule has 1 aromatic carbocycles. The topological polar surface area (TPSA) is 61.1 Å². The molecule has 0 spiro atoms. The standard InChI is InChI=1S/C13H15ClN4OS/c1-17(2)11(15)10-12(20-18(3)13(10)19)16-9-7-5-4-6-8(9)14/h4-7,15-16H,1-3H3. The molecular formula is C13H15ClN4OS. The average molecular weight is 311 g/mol. The number of hydrogen-bond donors (Lipinski definition) is 2. The summed E-state index contributed by atoms with van der Waals surface area (Å²) in [7, 11) is 5.15.